The molecule has 204 valence electrons. The third-order valence-corrected chi connectivity index (χ3v) is 7.71. The number of aromatic nitrogens is 2. The van der Waals surface area contributed by atoms with Gasteiger partial charge >= 0.3 is 12.1 Å². The van der Waals surface area contributed by atoms with Gasteiger partial charge in [0, 0.05) is 55.5 Å². The molecule has 2 aliphatic rings. The number of carbonyl (C=O) groups excluding carboxylic acids is 1. The number of anilines is 1. The van der Waals surface area contributed by atoms with Gasteiger partial charge < -0.3 is 14.6 Å². The minimum absolute atomic E-state index is 0.184. The molecule has 0 bridgehead atoms. The van der Waals surface area contributed by atoms with Gasteiger partial charge in [-0.2, -0.15) is 5.10 Å². The minimum atomic E-state index is -0.997. The van der Waals surface area contributed by atoms with Crippen LogP contribution in [-0.2, 0) is 11.3 Å². The number of amides is 1. The molecule has 2 aliphatic heterocycles. The molecular weight excluding hydrogens is 508 g/mol. The number of piperidine rings is 1. The zero-order chi connectivity index (χ0) is 27.7. The van der Waals surface area contributed by atoms with Crippen LogP contribution in [0.15, 0.2) is 85.1 Å². The van der Waals surface area contributed by atoms with E-state index in [1.54, 1.807) is 24.1 Å². The lowest BCUT2D eigenvalue weighted by molar-refractivity contribution is -0.000944. The van der Waals surface area contributed by atoms with E-state index >= 15 is 0 Å². The highest BCUT2D eigenvalue weighted by molar-refractivity contribution is 5.92. The summed E-state index contributed by atoms with van der Waals surface area (Å²) in [6, 6.07) is 24.3. The van der Waals surface area contributed by atoms with Gasteiger partial charge in [0.1, 0.15) is 11.4 Å². The summed E-state index contributed by atoms with van der Waals surface area (Å²) in [5.41, 5.74) is 4.27. The standard InChI is InChI=1S/C31H30N4O5/c1-39-27-9-5-6-23(18-27)28-24(20-35(32-28)26-7-3-2-4-8-26)19-33-16-14-31(15-17-33)21-34(30(38)40-31)25-12-10-22(11-13-25)29(36)37/h2-13,18,20H,14-17,19,21H2,1H3,(H,36,37). The summed E-state index contributed by atoms with van der Waals surface area (Å²) >= 11 is 0. The average Bonchev–Trinajstić information content (AvgIpc) is 3.55. The van der Waals surface area contributed by atoms with Crippen LogP contribution in [0, 0.1) is 0 Å². The van der Waals surface area contributed by atoms with Crippen LogP contribution in [0.3, 0.4) is 0 Å². The molecule has 0 aliphatic carbocycles. The van der Waals surface area contributed by atoms with Gasteiger partial charge in [0.05, 0.1) is 30.6 Å². The van der Waals surface area contributed by atoms with E-state index in [0.29, 0.717) is 31.6 Å². The summed E-state index contributed by atoms with van der Waals surface area (Å²) in [4.78, 5) is 27.9. The average molecular weight is 539 g/mol. The van der Waals surface area contributed by atoms with Gasteiger partial charge in [-0.1, -0.05) is 30.3 Å². The molecule has 1 amide bonds. The van der Waals surface area contributed by atoms with Gasteiger partial charge in [-0.05, 0) is 48.5 Å². The van der Waals surface area contributed by atoms with Crippen molar-refractivity contribution in [2.24, 2.45) is 0 Å². The Labute approximate surface area is 232 Å². The molecule has 9 nitrogen and oxygen atoms in total. The number of para-hydroxylation sites is 1. The highest BCUT2D eigenvalue weighted by Crippen LogP contribution is 2.37. The Balaban J connectivity index is 1.18. The smallest absolute Gasteiger partial charge is 0.415 e. The van der Waals surface area contributed by atoms with Crippen LogP contribution in [0.2, 0.25) is 0 Å². The number of ether oxygens (including phenoxy) is 2. The summed E-state index contributed by atoms with van der Waals surface area (Å²) in [7, 11) is 1.66. The lowest BCUT2D eigenvalue weighted by Crippen LogP contribution is -2.46. The maximum atomic E-state index is 12.8. The third-order valence-electron chi connectivity index (χ3n) is 7.71. The Morgan fingerprint density at radius 3 is 2.45 bits per heavy atom. The summed E-state index contributed by atoms with van der Waals surface area (Å²) in [5.74, 6) is -0.217. The summed E-state index contributed by atoms with van der Waals surface area (Å²) in [5, 5.41) is 14.1. The fourth-order valence-electron chi connectivity index (χ4n) is 5.48. The van der Waals surface area contributed by atoms with E-state index in [1.165, 1.54) is 12.1 Å². The van der Waals surface area contributed by atoms with E-state index in [2.05, 4.69) is 11.1 Å². The number of aromatic carboxylic acids is 1. The molecule has 2 fully saturated rings. The van der Waals surface area contributed by atoms with Crippen molar-refractivity contribution in [1.82, 2.24) is 14.7 Å². The maximum absolute atomic E-state index is 12.8. The second-order valence-corrected chi connectivity index (χ2v) is 10.3. The van der Waals surface area contributed by atoms with Crippen LogP contribution >= 0.6 is 0 Å². The summed E-state index contributed by atoms with van der Waals surface area (Å²) in [6.07, 6.45) is 3.13. The van der Waals surface area contributed by atoms with Crippen molar-refractivity contribution in [3.63, 3.8) is 0 Å². The van der Waals surface area contributed by atoms with E-state index in [4.69, 9.17) is 19.7 Å². The van der Waals surface area contributed by atoms with Gasteiger partial charge in [0.2, 0.25) is 0 Å². The number of likely N-dealkylation sites (tertiary alicyclic amines) is 1. The van der Waals surface area contributed by atoms with Crippen LogP contribution in [0.1, 0.15) is 28.8 Å². The number of nitrogens with zero attached hydrogens (tertiary/aromatic N) is 4. The Hall–Kier alpha value is -4.63. The number of rotatable bonds is 7. The topological polar surface area (TPSA) is 97.1 Å². The third kappa shape index (κ3) is 5.03. The first kappa shape index (κ1) is 25.6. The predicted molar refractivity (Wildman–Crippen MR) is 150 cm³/mol. The lowest BCUT2D eigenvalue weighted by atomic mass is 9.91. The normalized spacial score (nSPS) is 16.7. The molecule has 1 spiro atoms. The summed E-state index contributed by atoms with van der Waals surface area (Å²) < 4.78 is 13.3. The second-order valence-electron chi connectivity index (χ2n) is 10.3. The molecule has 3 heterocycles. The fraction of sp³-hybridized carbons (Fsp3) is 0.258. The van der Waals surface area contributed by atoms with Gasteiger partial charge in [-0.15, -0.1) is 0 Å². The number of benzene rings is 3. The quantitative estimate of drug-likeness (QED) is 0.344. The number of carboxylic acid groups (broad SMARTS) is 1. The maximum Gasteiger partial charge on any atom is 0.415 e. The lowest BCUT2D eigenvalue weighted by Gasteiger charge is -2.37. The van der Waals surface area contributed by atoms with Gasteiger partial charge in [0.25, 0.3) is 0 Å². The molecule has 2 saturated heterocycles. The van der Waals surface area contributed by atoms with E-state index in [9.17, 15) is 9.59 Å². The first-order valence-electron chi connectivity index (χ1n) is 13.3. The largest absolute Gasteiger partial charge is 0.497 e. The molecule has 1 aromatic heterocycles. The van der Waals surface area contributed by atoms with Crippen molar-refractivity contribution < 1.29 is 24.2 Å². The molecular formula is C31H30N4O5. The first-order chi connectivity index (χ1) is 19.4. The summed E-state index contributed by atoms with van der Waals surface area (Å²) in [6.45, 7) is 2.71. The molecule has 0 atom stereocenters. The molecule has 0 unspecified atom stereocenters. The molecule has 9 heteroatoms. The molecule has 40 heavy (non-hydrogen) atoms. The molecule has 6 rings (SSSR count). The minimum Gasteiger partial charge on any atom is -0.497 e. The molecule has 3 aromatic carbocycles. The zero-order valence-electron chi connectivity index (χ0n) is 22.2. The Bertz CT molecular complexity index is 1530. The van der Waals surface area contributed by atoms with Crippen LogP contribution in [0.4, 0.5) is 10.5 Å². The second kappa shape index (κ2) is 10.5. The van der Waals surface area contributed by atoms with Gasteiger partial charge in [0.15, 0.2) is 0 Å². The van der Waals surface area contributed by atoms with Crippen molar-refractivity contribution in [2.45, 2.75) is 25.0 Å². The number of hydrogen-bond donors (Lipinski definition) is 1. The number of hydrogen-bond acceptors (Lipinski definition) is 6. The van der Waals surface area contributed by atoms with E-state index in [1.807, 2.05) is 59.3 Å². The highest BCUT2D eigenvalue weighted by Gasteiger charge is 2.47. The monoisotopic (exact) mass is 538 g/mol. The predicted octanol–water partition coefficient (Wildman–Crippen LogP) is 5.24. The van der Waals surface area contributed by atoms with Crippen LogP contribution in [-0.4, -0.2) is 64.2 Å². The van der Waals surface area contributed by atoms with Gasteiger partial charge in [-0.25, -0.2) is 14.3 Å². The molecule has 1 N–H and O–H groups in total. The van der Waals surface area contributed by atoms with Crippen molar-refractivity contribution in [3.8, 4) is 22.7 Å². The van der Waals surface area contributed by atoms with Crippen LogP contribution in [0.25, 0.3) is 16.9 Å². The van der Waals surface area contributed by atoms with Crippen LogP contribution in [0.5, 0.6) is 5.75 Å². The number of carbonyl (C=O) groups is 2. The van der Waals surface area contributed by atoms with E-state index < -0.39 is 11.6 Å². The molecule has 0 saturated carbocycles. The van der Waals surface area contributed by atoms with E-state index in [-0.39, 0.29) is 11.7 Å². The Morgan fingerprint density at radius 2 is 1.75 bits per heavy atom. The molecule has 0 radical (unpaired) electrons. The van der Waals surface area contributed by atoms with Crippen LogP contribution < -0.4 is 9.64 Å². The highest BCUT2D eigenvalue weighted by atomic mass is 16.6. The zero-order valence-corrected chi connectivity index (χ0v) is 22.2. The number of carboxylic acids is 1. The van der Waals surface area contributed by atoms with Crippen molar-refractivity contribution >= 4 is 17.7 Å². The Kier molecular flexibility index (Phi) is 6.73. The van der Waals surface area contributed by atoms with Crippen molar-refractivity contribution in [3.05, 3.63) is 96.2 Å². The van der Waals surface area contributed by atoms with Gasteiger partial charge in [-0.3, -0.25) is 9.80 Å². The SMILES string of the molecule is COc1cccc(-c2nn(-c3ccccc3)cc2CN2CCC3(CC2)CN(c2ccc(C(=O)O)cc2)C(=O)O3)c1. The van der Waals surface area contributed by atoms with Crippen molar-refractivity contribution in [2.75, 3.05) is 31.6 Å². The number of methoxy groups -OCH3 is 1. The fourth-order valence-corrected chi connectivity index (χ4v) is 5.48. The van der Waals surface area contributed by atoms with E-state index in [0.717, 1.165) is 41.3 Å². The Morgan fingerprint density at radius 1 is 1.00 bits per heavy atom. The first-order valence-corrected chi connectivity index (χ1v) is 13.3. The molecule has 4 aromatic rings. The van der Waals surface area contributed by atoms with Crippen molar-refractivity contribution in [1.29, 1.82) is 0 Å².